The van der Waals surface area contributed by atoms with Gasteiger partial charge < -0.3 is 10.6 Å². The van der Waals surface area contributed by atoms with Gasteiger partial charge in [-0.05, 0) is 24.3 Å². The fourth-order valence-electron chi connectivity index (χ4n) is 2.17. The molecule has 0 aromatic heterocycles. The predicted molar refractivity (Wildman–Crippen MR) is 86.2 cm³/mol. The van der Waals surface area contributed by atoms with E-state index < -0.39 is 22.2 Å². The number of nitrogens with zero attached hydrogens (tertiary/aromatic N) is 2. The van der Waals surface area contributed by atoms with Gasteiger partial charge in [-0.25, -0.2) is 0 Å². The molecule has 2 aromatic carbocycles. The molecule has 0 amide bonds. The second-order valence-corrected chi connectivity index (χ2v) is 5.00. The highest BCUT2D eigenvalue weighted by atomic mass is 19.4. The number of nitrogens with one attached hydrogen (secondary N) is 2. The lowest BCUT2D eigenvalue weighted by atomic mass is 10.1. The predicted octanol–water partition coefficient (Wildman–Crippen LogP) is 4.01. The van der Waals surface area contributed by atoms with E-state index in [1.807, 2.05) is 0 Å². The van der Waals surface area contributed by atoms with Crippen LogP contribution in [0.3, 0.4) is 0 Å². The van der Waals surface area contributed by atoms with E-state index in [4.69, 9.17) is 5.26 Å². The summed E-state index contributed by atoms with van der Waals surface area (Å²) in [6.07, 6.45) is -4.62. The zero-order valence-corrected chi connectivity index (χ0v) is 12.8. The molecule has 0 aliphatic rings. The molecule has 0 bridgehead atoms. The number of alkyl halides is 3. The standard InChI is InChI=1S/C16H13F3N4O2/c17-16(18,19)13-9-12(6-5-11(13)10-20)21-7-8-22-14-3-1-2-4-15(14)23(24)25/h1-6,9,21-22H,7-8H2. The van der Waals surface area contributed by atoms with E-state index in [1.165, 1.54) is 24.3 Å². The number of para-hydroxylation sites is 2. The van der Waals surface area contributed by atoms with Crippen molar-refractivity contribution in [3.8, 4) is 6.07 Å². The Labute approximate surface area is 141 Å². The first-order chi connectivity index (χ1) is 11.8. The van der Waals surface area contributed by atoms with Crippen molar-refractivity contribution < 1.29 is 18.1 Å². The number of rotatable bonds is 6. The number of benzene rings is 2. The molecule has 2 aromatic rings. The molecule has 0 heterocycles. The lowest BCUT2D eigenvalue weighted by molar-refractivity contribution is -0.384. The summed E-state index contributed by atoms with van der Waals surface area (Å²) < 4.78 is 38.7. The van der Waals surface area contributed by atoms with E-state index in [9.17, 15) is 23.3 Å². The van der Waals surface area contributed by atoms with E-state index in [0.717, 1.165) is 12.1 Å². The van der Waals surface area contributed by atoms with E-state index in [2.05, 4.69) is 10.6 Å². The van der Waals surface area contributed by atoms with Crippen molar-refractivity contribution in [2.24, 2.45) is 0 Å². The number of nitro groups is 1. The number of nitro benzene ring substituents is 1. The minimum Gasteiger partial charge on any atom is -0.383 e. The van der Waals surface area contributed by atoms with Gasteiger partial charge in [0.05, 0.1) is 22.1 Å². The Morgan fingerprint density at radius 2 is 1.80 bits per heavy atom. The Morgan fingerprint density at radius 3 is 2.44 bits per heavy atom. The van der Waals surface area contributed by atoms with Crippen LogP contribution in [0.1, 0.15) is 11.1 Å². The van der Waals surface area contributed by atoms with Crippen LogP contribution in [0.25, 0.3) is 0 Å². The van der Waals surface area contributed by atoms with Crippen LogP contribution in [-0.4, -0.2) is 18.0 Å². The molecule has 0 atom stereocenters. The second-order valence-electron chi connectivity index (χ2n) is 5.00. The van der Waals surface area contributed by atoms with Crippen LogP contribution in [0.4, 0.5) is 30.2 Å². The van der Waals surface area contributed by atoms with Gasteiger partial charge >= 0.3 is 6.18 Å². The number of hydrogen-bond acceptors (Lipinski definition) is 5. The molecule has 0 unspecified atom stereocenters. The minimum atomic E-state index is -4.62. The fraction of sp³-hybridized carbons (Fsp3) is 0.188. The molecular weight excluding hydrogens is 337 g/mol. The summed E-state index contributed by atoms with van der Waals surface area (Å²) in [4.78, 5) is 10.4. The highest BCUT2D eigenvalue weighted by Crippen LogP contribution is 2.33. The van der Waals surface area contributed by atoms with Crippen molar-refractivity contribution in [3.63, 3.8) is 0 Å². The van der Waals surface area contributed by atoms with Crippen LogP contribution in [-0.2, 0) is 6.18 Å². The summed E-state index contributed by atoms with van der Waals surface area (Å²) in [5.74, 6) is 0. The fourth-order valence-corrected chi connectivity index (χ4v) is 2.17. The quantitative estimate of drug-likeness (QED) is 0.467. The molecule has 2 rings (SSSR count). The Bertz CT molecular complexity index is 816. The molecule has 6 nitrogen and oxygen atoms in total. The van der Waals surface area contributed by atoms with Gasteiger partial charge in [0, 0.05) is 24.8 Å². The van der Waals surface area contributed by atoms with E-state index >= 15 is 0 Å². The molecule has 2 N–H and O–H groups in total. The Balaban J connectivity index is 1.99. The summed E-state index contributed by atoms with van der Waals surface area (Å²) in [5.41, 5.74) is -1.01. The third kappa shape index (κ3) is 4.60. The topological polar surface area (TPSA) is 91.0 Å². The molecule has 0 spiro atoms. The number of nitriles is 1. The maximum absolute atomic E-state index is 12.9. The smallest absolute Gasteiger partial charge is 0.383 e. The zero-order chi connectivity index (χ0) is 18.4. The van der Waals surface area contributed by atoms with Gasteiger partial charge in [-0.1, -0.05) is 12.1 Å². The monoisotopic (exact) mass is 350 g/mol. The van der Waals surface area contributed by atoms with Gasteiger partial charge in [0.1, 0.15) is 5.69 Å². The molecule has 25 heavy (non-hydrogen) atoms. The van der Waals surface area contributed by atoms with Crippen LogP contribution >= 0.6 is 0 Å². The Hall–Kier alpha value is -3.28. The first kappa shape index (κ1) is 18.1. The molecule has 0 aliphatic heterocycles. The van der Waals surface area contributed by atoms with E-state index in [0.29, 0.717) is 5.69 Å². The first-order valence-electron chi connectivity index (χ1n) is 7.15. The summed E-state index contributed by atoms with van der Waals surface area (Å²) in [6.45, 7) is 0.488. The van der Waals surface area contributed by atoms with Crippen molar-refractivity contribution >= 4 is 17.1 Å². The van der Waals surface area contributed by atoms with Gasteiger partial charge in [0.25, 0.3) is 5.69 Å². The van der Waals surface area contributed by atoms with Crippen LogP contribution in [0, 0.1) is 21.4 Å². The normalized spacial score (nSPS) is 10.8. The Morgan fingerprint density at radius 1 is 1.12 bits per heavy atom. The van der Waals surface area contributed by atoms with Crippen LogP contribution < -0.4 is 10.6 Å². The zero-order valence-electron chi connectivity index (χ0n) is 12.8. The van der Waals surface area contributed by atoms with Crippen molar-refractivity contribution in [2.45, 2.75) is 6.18 Å². The third-order valence-electron chi connectivity index (χ3n) is 3.32. The first-order valence-corrected chi connectivity index (χ1v) is 7.15. The molecule has 0 saturated heterocycles. The average molecular weight is 350 g/mol. The highest BCUT2D eigenvalue weighted by Gasteiger charge is 2.33. The molecule has 0 radical (unpaired) electrons. The van der Waals surface area contributed by atoms with E-state index in [-0.39, 0.29) is 24.5 Å². The summed E-state index contributed by atoms with van der Waals surface area (Å²) in [5, 5.41) is 25.3. The van der Waals surface area contributed by atoms with Crippen LogP contribution in [0.5, 0.6) is 0 Å². The molecule has 0 aliphatic carbocycles. The molecule has 0 saturated carbocycles. The third-order valence-corrected chi connectivity index (χ3v) is 3.32. The van der Waals surface area contributed by atoms with Crippen molar-refractivity contribution in [1.29, 1.82) is 5.26 Å². The van der Waals surface area contributed by atoms with Gasteiger partial charge in [-0.15, -0.1) is 0 Å². The summed E-state index contributed by atoms with van der Waals surface area (Å²) in [6, 6.07) is 10.9. The summed E-state index contributed by atoms with van der Waals surface area (Å²) >= 11 is 0. The number of halogens is 3. The van der Waals surface area contributed by atoms with Crippen molar-refractivity contribution in [1.82, 2.24) is 0 Å². The second kappa shape index (κ2) is 7.53. The number of anilines is 2. The van der Waals surface area contributed by atoms with Crippen molar-refractivity contribution in [2.75, 3.05) is 23.7 Å². The van der Waals surface area contributed by atoms with Crippen molar-refractivity contribution in [3.05, 3.63) is 63.7 Å². The largest absolute Gasteiger partial charge is 0.417 e. The van der Waals surface area contributed by atoms with Crippen LogP contribution in [0.2, 0.25) is 0 Å². The molecular formula is C16H13F3N4O2. The highest BCUT2D eigenvalue weighted by molar-refractivity contribution is 5.61. The maximum Gasteiger partial charge on any atom is 0.417 e. The molecule has 130 valence electrons. The molecule has 9 heteroatoms. The maximum atomic E-state index is 12.9. The average Bonchev–Trinajstić information content (AvgIpc) is 2.58. The molecule has 0 fully saturated rings. The Kier molecular flexibility index (Phi) is 5.44. The summed E-state index contributed by atoms with van der Waals surface area (Å²) in [7, 11) is 0. The lowest BCUT2D eigenvalue weighted by Crippen LogP contribution is -2.15. The SMILES string of the molecule is N#Cc1ccc(NCCNc2ccccc2[N+](=O)[O-])cc1C(F)(F)F. The van der Waals surface area contributed by atoms with Gasteiger partial charge in [-0.2, -0.15) is 18.4 Å². The lowest BCUT2D eigenvalue weighted by Gasteiger charge is -2.13. The van der Waals surface area contributed by atoms with Gasteiger partial charge in [0.2, 0.25) is 0 Å². The van der Waals surface area contributed by atoms with Gasteiger partial charge in [0.15, 0.2) is 0 Å². The number of hydrogen-bond donors (Lipinski definition) is 2. The van der Waals surface area contributed by atoms with E-state index in [1.54, 1.807) is 12.1 Å². The van der Waals surface area contributed by atoms with Gasteiger partial charge in [-0.3, -0.25) is 10.1 Å². The van der Waals surface area contributed by atoms with Crippen LogP contribution in [0.15, 0.2) is 42.5 Å². The minimum absolute atomic E-state index is 0.0831.